The molecule has 0 radical (unpaired) electrons. The first kappa shape index (κ1) is 22.5. The smallest absolute Gasteiger partial charge is 0.243 e. The van der Waals surface area contributed by atoms with E-state index >= 15 is 0 Å². The molecule has 30 heavy (non-hydrogen) atoms. The summed E-state index contributed by atoms with van der Waals surface area (Å²) in [5.41, 5.74) is 0.968. The zero-order valence-corrected chi connectivity index (χ0v) is 18.1. The van der Waals surface area contributed by atoms with Gasteiger partial charge in [-0.1, -0.05) is 12.1 Å². The number of benzene rings is 1. The summed E-state index contributed by atoms with van der Waals surface area (Å²) >= 11 is 0. The van der Waals surface area contributed by atoms with Crippen LogP contribution in [0.5, 0.6) is 0 Å². The molecule has 0 aromatic heterocycles. The van der Waals surface area contributed by atoms with Gasteiger partial charge in [0, 0.05) is 45.7 Å². The molecule has 1 heterocycles. The predicted octanol–water partition coefficient (Wildman–Crippen LogP) is 1.20. The van der Waals surface area contributed by atoms with Crippen molar-refractivity contribution in [2.75, 3.05) is 66.6 Å². The van der Waals surface area contributed by atoms with E-state index in [0.29, 0.717) is 12.5 Å². The maximum atomic E-state index is 13.7. The lowest BCUT2D eigenvalue weighted by atomic mass is 9.96. The Kier molecular flexibility index (Phi) is 8.04. The molecule has 2 aliphatic rings. The Hall–Kier alpha value is -2.19. The van der Waals surface area contributed by atoms with Crippen molar-refractivity contribution in [2.24, 2.45) is 4.99 Å². The van der Waals surface area contributed by atoms with Gasteiger partial charge in [0.25, 0.3) is 0 Å². The fourth-order valence-electron chi connectivity index (χ4n) is 3.59. The van der Waals surface area contributed by atoms with Gasteiger partial charge in [0.15, 0.2) is 5.96 Å². The molecule has 1 aliphatic carbocycles. The number of morpholine rings is 1. The van der Waals surface area contributed by atoms with Crippen LogP contribution in [-0.2, 0) is 14.9 Å². The molecule has 7 nitrogen and oxygen atoms in total. The quantitative estimate of drug-likeness (QED) is 0.358. The van der Waals surface area contributed by atoms with Crippen molar-refractivity contribution in [1.82, 2.24) is 20.4 Å². The molecule has 166 valence electrons. The fraction of sp³-hybridized carbons (Fsp3) is 0.636. The van der Waals surface area contributed by atoms with Crippen LogP contribution in [0.2, 0.25) is 0 Å². The summed E-state index contributed by atoms with van der Waals surface area (Å²) in [4.78, 5) is 20.4. The predicted molar refractivity (Wildman–Crippen MR) is 116 cm³/mol. The summed E-state index contributed by atoms with van der Waals surface area (Å²) in [6.45, 7) is 6.10. The van der Waals surface area contributed by atoms with Crippen molar-refractivity contribution in [2.45, 2.75) is 24.7 Å². The number of nitrogens with zero attached hydrogens (tertiary/aromatic N) is 3. The van der Waals surface area contributed by atoms with E-state index in [9.17, 15) is 9.18 Å². The molecule has 0 atom stereocenters. The number of amides is 1. The largest absolute Gasteiger partial charge is 0.379 e. The average Bonchev–Trinajstić information content (AvgIpc) is 3.54. The molecule has 3 rings (SSSR count). The summed E-state index contributed by atoms with van der Waals surface area (Å²) in [6, 6.07) is 6.85. The van der Waals surface area contributed by atoms with Gasteiger partial charge in [-0.05, 0) is 43.5 Å². The van der Waals surface area contributed by atoms with Crippen LogP contribution >= 0.6 is 0 Å². The highest BCUT2D eigenvalue weighted by Gasteiger charge is 2.44. The van der Waals surface area contributed by atoms with Crippen molar-refractivity contribution in [3.05, 3.63) is 35.6 Å². The number of ether oxygens (including phenoxy) is 1. The van der Waals surface area contributed by atoms with E-state index in [-0.39, 0.29) is 23.7 Å². The number of carbonyl (C=O) groups is 1. The first-order valence-corrected chi connectivity index (χ1v) is 10.8. The summed E-state index contributed by atoms with van der Waals surface area (Å²) < 4.78 is 19.0. The first-order valence-electron chi connectivity index (χ1n) is 10.8. The summed E-state index contributed by atoms with van der Waals surface area (Å²) in [7, 11) is 3.45. The molecular formula is C22H34FN5O2. The number of hydrogen-bond acceptors (Lipinski definition) is 4. The Bertz CT molecular complexity index is 730. The molecule has 1 saturated carbocycles. The maximum absolute atomic E-state index is 13.7. The Balaban J connectivity index is 1.52. The van der Waals surface area contributed by atoms with Crippen molar-refractivity contribution in [3.8, 4) is 0 Å². The van der Waals surface area contributed by atoms with Gasteiger partial charge in [-0.2, -0.15) is 0 Å². The molecule has 1 aromatic rings. The molecule has 0 spiro atoms. The van der Waals surface area contributed by atoms with Crippen molar-refractivity contribution in [1.29, 1.82) is 0 Å². The first-order chi connectivity index (χ1) is 14.5. The van der Waals surface area contributed by atoms with Gasteiger partial charge in [0.2, 0.25) is 5.91 Å². The van der Waals surface area contributed by atoms with Gasteiger partial charge in [0.1, 0.15) is 12.4 Å². The molecule has 1 saturated heterocycles. The second-order valence-corrected chi connectivity index (χ2v) is 8.33. The monoisotopic (exact) mass is 419 g/mol. The highest BCUT2D eigenvalue weighted by atomic mass is 19.1. The van der Waals surface area contributed by atoms with Crippen LogP contribution in [0.15, 0.2) is 29.3 Å². The minimum atomic E-state index is -0.203. The third-order valence-electron chi connectivity index (χ3n) is 5.80. The molecule has 2 fully saturated rings. The minimum Gasteiger partial charge on any atom is -0.379 e. The molecule has 8 heteroatoms. The normalized spacial score (nSPS) is 18.7. The third-order valence-corrected chi connectivity index (χ3v) is 5.80. The second-order valence-electron chi connectivity index (χ2n) is 8.33. The van der Waals surface area contributed by atoms with E-state index in [4.69, 9.17) is 4.74 Å². The zero-order valence-electron chi connectivity index (χ0n) is 18.1. The van der Waals surface area contributed by atoms with E-state index in [2.05, 4.69) is 20.5 Å². The molecular weight excluding hydrogens is 385 g/mol. The van der Waals surface area contributed by atoms with Crippen LogP contribution in [0.4, 0.5) is 4.39 Å². The summed E-state index contributed by atoms with van der Waals surface area (Å²) in [6.07, 6.45) is 3.02. The molecule has 2 N–H and O–H groups in total. The third kappa shape index (κ3) is 6.67. The standard InChI is InChI=1S/C22H34FN5O2/c1-27(2)20(29)16-25-21(24-9-4-10-28-11-13-30-14-12-28)26-17-22(7-8-22)18-5-3-6-19(23)15-18/h3,5-6,15H,4,7-14,16-17H2,1-2H3,(H2,24,25,26). The molecule has 1 aliphatic heterocycles. The molecule has 1 aromatic carbocycles. The average molecular weight is 420 g/mol. The summed E-state index contributed by atoms with van der Waals surface area (Å²) in [5.74, 6) is 0.385. The Morgan fingerprint density at radius 2 is 2.03 bits per heavy atom. The van der Waals surface area contributed by atoms with Crippen LogP contribution < -0.4 is 10.6 Å². The van der Waals surface area contributed by atoms with Gasteiger partial charge >= 0.3 is 0 Å². The number of carbonyl (C=O) groups excluding carboxylic acids is 1. The van der Waals surface area contributed by atoms with Gasteiger partial charge in [-0.3, -0.25) is 9.69 Å². The van der Waals surface area contributed by atoms with Crippen LogP contribution in [0, 0.1) is 5.82 Å². The van der Waals surface area contributed by atoms with Crippen molar-refractivity contribution < 1.29 is 13.9 Å². The molecule has 1 amide bonds. The minimum absolute atomic E-state index is 0.0457. The lowest BCUT2D eigenvalue weighted by Crippen LogP contribution is -2.43. The summed E-state index contributed by atoms with van der Waals surface area (Å²) in [5, 5.41) is 6.74. The highest BCUT2D eigenvalue weighted by molar-refractivity contribution is 5.84. The molecule has 0 bridgehead atoms. The van der Waals surface area contributed by atoms with E-state index in [1.54, 1.807) is 26.2 Å². The SMILES string of the molecule is CN(C)C(=O)CN=C(NCCCN1CCOCC1)NCC1(c2cccc(F)c2)CC1. The van der Waals surface area contributed by atoms with Gasteiger partial charge < -0.3 is 20.3 Å². The number of aliphatic imine (C=N–C) groups is 1. The van der Waals surface area contributed by atoms with Crippen molar-refractivity contribution >= 4 is 11.9 Å². The highest BCUT2D eigenvalue weighted by Crippen LogP contribution is 2.47. The van der Waals surface area contributed by atoms with Crippen molar-refractivity contribution in [3.63, 3.8) is 0 Å². The maximum Gasteiger partial charge on any atom is 0.243 e. The second kappa shape index (κ2) is 10.7. The fourth-order valence-corrected chi connectivity index (χ4v) is 3.59. The number of likely N-dealkylation sites (N-methyl/N-ethyl adjacent to an activating group) is 1. The number of nitrogens with one attached hydrogen (secondary N) is 2. The lowest BCUT2D eigenvalue weighted by molar-refractivity contribution is -0.127. The van der Waals surface area contributed by atoms with Crippen LogP contribution in [0.25, 0.3) is 0 Å². The van der Waals surface area contributed by atoms with Gasteiger partial charge in [0.05, 0.1) is 13.2 Å². The molecule has 0 unspecified atom stereocenters. The van der Waals surface area contributed by atoms with E-state index < -0.39 is 0 Å². The Labute approximate surface area is 178 Å². The van der Waals surface area contributed by atoms with Gasteiger partial charge in [-0.15, -0.1) is 0 Å². The van der Waals surface area contributed by atoms with E-state index in [0.717, 1.165) is 64.2 Å². The van der Waals surface area contributed by atoms with E-state index in [1.165, 1.54) is 11.0 Å². The zero-order chi connectivity index (χ0) is 21.4. The van der Waals surface area contributed by atoms with Crippen LogP contribution in [0.3, 0.4) is 0 Å². The Morgan fingerprint density at radius 3 is 2.70 bits per heavy atom. The number of guanidine groups is 1. The van der Waals surface area contributed by atoms with Crippen LogP contribution in [-0.4, -0.2) is 88.2 Å². The van der Waals surface area contributed by atoms with E-state index in [1.807, 2.05) is 6.07 Å². The lowest BCUT2D eigenvalue weighted by Gasteiger charge is -2.26. The number of hydrogen-bond donors (Lipinski definition) is 2. The van der Waals surface area contributed by atoms with Gasteiger partial charge in [-0.25, -0.2) is 9.38 Å². The number of rotatable bonds is 9. The number of halogens is 1. The topological polar surface area (TPSA) is 69.2 Å². The Morgan fingerprint density at radius 1 is 1.27 bits per heavy atom. The van der Waals surface area contributed by atoms with Crippen LogP contribution in [0.1, 0.15) is 24.8 Å².